The van der Waals surface area contributed by atoms with E-state index in [1.807, 2.05) is 0 Å². The fourth-order valence-corrected chi connectivity index (χ4v) is 0.603. The lowest BCUT2D eigenvalue weighted by Crippen LogP contribution is -2.24. The van der Waals surface area contributed by atoms with Crippen molar-refractivity contribution in [3.8, 4) is 12.3 Å². The molecule has 12 heavy (non-hydrogen) atoms. The van der Waals surface area contributed by atoms with Crippen molar-refractivity contribution in [2.45, 2.75) is 6.42 Å². The summed E-state index contributed by atoms with van der Waals surface area (Å²) in [7, 11) is 0. The van der Waals surface area contributed by atoms with Crippen LogP contribution in [0.25, 0.3) is 0 Å². The van der Waals surface area contributed by atoms with E-state index in [9.17, 15) is 4.79 Å². The zero-order valence-corrected chi connectivity index (χ0v) is 7.01. The first-order chi connectivity index (χ1) is 5.77. The van der Waals surface area contributed by atoms with Gasteiger partial charge in [0.05, 0.1) is 6.61 Å². The highest BCUT2D eigenvalue weighted by Crippen LogP contribution is 1.73. The molecule has 4 heteroatoms. The molecular weight excluding hydrogens is 156 g/mol. The van der Waals surface area contributed by atoms with Crippen LogP contribution >= 0.6 is 0 Å². The van der Waals surface area contributed by atoms with Crippen LogP contribution in [-0.2, 0) is 9.53 Å². The number of hydrogen-bond acceptors (Lipinski definition) is 3. The van der Waals surface area contributed by atoms with Crippen molar-refractivity contribution in [3.63, 3.8) is 0 Å². The third-order valence-corrected chi connectivity index (χ3v) is 1.11. The first-order valence-electron chi connectivity index (χ1n) is 3.77. The number of nitrogens with one attached hydrogen (secondary N) is 1. The summed E-state index contributed by atoms with van der Waals surface area (Å²) in [5.41, 5.74) is 4.84. The normalized spacial score (nSPS) is 9.25. The molecule has 0 fully saturated rings. The highest BCUT2D eigenvalue weighted by molar-refractivity contribution is 5.74. The number of carbonyl (C=O) groups is 1. The van der Waals surface area contributed by atoms with Crippen LogP contribution < -0.4 is 11.1 Å². The van der Waals surface area contributed by atoms with Crippen molar-refractivity contribution in [2.24, 2.45) is 5.73 Å². The van der Waals surface area contributed by atoms with E-state index in [1.54, 1.807) is 0 Å². The maximum absolute atomic E-state index is 10.2. The molecule has 1 amide bonds. The molecule has 0 aliphatic rings. The SMILES string of the molecule is C#CCCNCCOCC(N)=O. The van der Waals surface area contributed by atoms with Gasteiger partial charge in [0, 0.05) is 19.5 Å². The van der Waals surface area contributed by atoms with E-state index in [1.165, 1.54) is 0 Å². The van der Waals surface area contributed by atoms with Gasteiger partial charge in [0.25, 0.3) is 0 Å². The van der Waals surface area contributed by atoms with E-state index in [0.717, 1.165) is 6.54 Å². The number of carbonyl (C=O) groups excluding carboxylic acids is 1. The molecule has 0 saturated heterocycles. The smallest absolute Gasteiger partial charge is 0.243 e. The van der Waals surface area contributed by atoms with Crippen LogP contribution in [0.3, 0.4) is 0 Å². The summed E-state index contributed by atoms with van der Waals surface area (Å²) >= 11 is 0. The molecule has 68 valence electrons. The molecule has 0 aromatic heterocycles. The molecule has 3 N–H and O–H groups in total. The monoisotopic (exact) mass is 170 g/mol. The Labute approximate surface area is 72.5 Å². The van der Waals surface area contributed by atoms with Crippen molar-refractivity contribution < 1.29 is 9.53 Å². The maximum Gasteiger partial charge on any atom is 0.243 e. The van der Waals surface area contributed by atoms with Gasteiger partial charge in [0.15, 0.2) is 0 Å². The predicted octanol–water partition coefficient (Wildman–Crippen LogP) is -0.899. The number of amides is 1. The number of rotatable bonds is 7. The van der Waals surface area contributed by atoms with Crippen LogP contribution in [0.5, 0.6) is 0 Å². The topological polar surface area (TPSA) is 64.3 Å². The Bertz CT molecular complexity index is 163. The zero-order valence-electron chi connectivity index (χ0n) is 7.01. The molecular formula is C8H14N2O2. The summed E-state index contributed by atoms with van der Waals surface area (Å²) in [5, 5.41) is 3.04. The van der Waals surface area contributed by atoms with Gasteiger partial charge in [-0.15, -0.1) is 12.3 Å². The largest absolute Gasteiger partial charge is 0.370 e. The third kappa shape index (κ3) is 8.95. The molecule has 0 rings (SSSR count). The molecule has 0 radical (unpaired) electrons. The Morgan fingerprint density at radius 2 is 2.33 bits per heavy atom. The van der Waals surface area contributed by atoms with Gasteiger partial charge in [0.2, 0.25) is 5.91 Å². The van der Waals surface area contributed by atoms with Gasteiger partial charge < -0.3 is 15.8 Å². The van der Waals surface area contributed by atoms with Crippen molar-refractivity contribution >= 4 is 5.91 Å². The molecule has 0 atom stereocenters. The summed E-state index contributed by atoms with van der Waals surface area (Å²) in [4.78, 5) is 10.2. The second-order valence-electron chi connectivity index (χ2n) is 2.22. The summed E-state index contributed by atoms with van der Waals surface area (Å²) in [6, 6.07) is 0. The molecule has 0 aromatic rings. The van der Waals surface area contributed by atoms with E-state index >= 15 is 0 Å². The number of ether oxygens (including phenoxy) is 1. The average molecular weight is 170 g/mol. The zero-order chi connectivity index (χ0) is 9.23. The minimum Gasteiger partial charge on any atom is -0.370 e. The molecule has 0 saturated carbocycles. The predicted molar refractivity (Wildman–Crippen MR) is 46.3 cm³/mol. The second kappa shape index (κ2) is 8.05. The van der Waals surface area contributed by atoms with Gasteiger partial charge >= 0.3 is 0 Å². The average Bonchev–Trinajstić information content (AvgIpc) is 2.02. The molecule has 0 heterocycles. The van der Waals surface area contributed by atoms with E-state index in [-0.39, 0.29) is 6.61 Å². The Kier molecular flexibility index (Phi) is 7.35. The Morgan fingerprint density at radius 1 is 1.58 bits per heavy atom. The highest BCUT2D eigenvalue weighted by atomic mass is 16.5. The third-order valence-electron chi connectivity index (χ3n) is 1.11. The minimum atomic E-state index is -0.446. The second-order valence-corrected chi connectivity index (χ2v) is 2.22. The Balaban J connectivity index is 2.92. The fraction of sp³-hybridized carbons (Fsp3) is 0.625. The lowest BCUT2D eigenvalue weighted by molar-refractivity contribution is -0.122. The summed E-state index contributed by atoms with van der Waals surface area (Å²) < 4.78 is 4.89. The number of hydrogen-bond donors (Lipinski definition) is 2. The van der Waals surface area contributed by atoms with Gasteiger partial charge in [-0.1, -0.05) is 0 Å². The maximum atomic E-state index is 10.2. The van der Waals surface area contributed by atoms with E-state index in [0.29, 0.717) is 19.6 Å². The molecule has 4 nitrogen and oxygen atoms in total. The van der Waals surface area contributed by atoms with Crippen LogP contribution in [0.2, 0.25) is 0 Å². The molecule has 0 aliphatic heterocycles. The van der Waals surface area contributed by atoms with E-state index in [2.05, 4.69) is 11.2 Å². The quantitative estimate of drug-likeness (QED) is 0.384. The van der Waals surface area contributed by atoms with Gasteiger partial charge in [0.1, 0.15) is 6.61 Å². The lowest BCUT2D eigenvalue weighted by atomic mass is 10.4. The molecule has 0 aromatic carbocycles. The van der Waals surface area contributed by atoms with Crippen LogP contribution in [0.1, 0.15) is 6.42 Å². The molecule has 0 bridgehead atoms. The Morgan fingerprint density at radius 3 is 2.92 bits per heavy atom. The van der Waals surface area contributed by atoms with Gasteiger partial charge in [-0.3, -0.25) is 4.79 Å². The first kappa shape index (κ1) is 11.0. The summed E-state index contributed by atoms with van der Waals surface area (Å²) in [6.07, 6.45) is 5.73. The van der Waals surface area contributed by atoms with Crippen LogP contribution in [0.15, 0.2) is 0 Å². The van der Waals surface area contributed by atoms with E-state index < -0.39 is 5.91 Å². The summed E-state index contributed by atoms with van der Waals surface area (Å²) in [6.45, 7) is 1.93. The van der Waals surface area contributed by atoms with Gasteiger partial charge in [-0.05, 0) is 0 Å². The molecule has 0 aliphatic carbocycles. The number of nitrogens with two attached hydrogens (primary N) is 1. The van der Waals surface area contributed by atoms with Crippen molar-refractivity contribution in [3.05, 3.63) is 0 Å². The van der Waals surface area contributed by atoms with Crippen molar-refractivity contribution in [1.29, 1.82) is 0 Å². The van der Waals surface area contributed by atoms with Gasteiger partial charge in [-0.2, -0.15) is 0 Å². The van der Waals surface area contributed by atoms with Crippen LogP contribution in [0.4, 0.5) is 0 Å². The van der Waals surface area contributed by atoms with Crippen molar-refractivity contribution in [1.82, 2.24) is 5.32 Å². The summed E-state index contributed by atoms with van der Waals surface area (Å²) in [5.74, 6) is 2.05. The van der Waals surface area contributed by atoms with E-state index in [4.69, 9.17) is 16.9 Å². The van der Waals surface area contributed by atoms with Gasteiger partial charge in [-0.25, -0.2) is 0 Å². The van der Waals surface area contributed by atoms with Crippen molar-refractivity contribution in [2.75, 3.05) is 26.3 Å². The first-order valence-corrected chi connectivity index (χ1v) is 3.77. The Hall–Kier alpha value is -1.05. The lowest BCUT2D eigenvalue weighted by Gasteiger charge is -2.02. The highest BCUT2D eigenvalue weighted by Gasteiger charge is 1.92. The molecule has 0 spiro atoms. The standard InChI is InChI=1S/C8H14N2O2/c1-2-3-4-10-5-6-12-7-8(9)11/h1,10H,3-7H2,(H2,9,11). The van der Waals surface area contributed by atoms with Crippen LogP contribution in [0, 0.1) is 12.3 Å². The molecule has 0 unspecified atom stereocenters. The number of primary amides is 1. The minimum absolute atomic E-state index is 0.0170. The fourth-order valence-electron chi connectivity index (χ4n) is 0.603. The van der Waals surface area contributed by atoms with Crippen LogP contribution in [-0.4, -0.2) is 32.2 Å². The number of terminal acetylenes is 1.